The first-order valence-corrected chi connectivity index (χ1v) is 6.75. The Morgan fingerprint density at radius 2 is 2.00 bits per heavy atom. The fraction of sp³-hybridized carbons (Fsp3) is 0.125. The zero-order valence-corrected chi connectivity index (χ0v) is 12.1. The Bertz CT molecular complexity index is 657. The van der Waals surface area contributed by atoms with Gasteiger partial charge in [0, 0.05) is 10.7 Å². The Morgan fingerprint density at radius 3 is 2.71 bits per heavy atom. The Balaban J connectivity index is 2.04. The smallest absolute Gasteiger partial charge is 0.265 e. The normalized spacial score (nSPS) is 11.5. The van der Waals surface area contributed by atoms with Crippen molar-refractivity contribution in [2.75, 3.05) is 5.32 Å². The summed E-state index contributed by atoms with van der Waals surface area (Å²) in [5, 5.41) is 3.24. The van der Waals surface area contributed by atoms with Gasteiger partial charge < -0.3 is 10.1 Å². The molecule has 2 aromatic carbocycles. The van der Waals surface area contributed by atoms with Crippen LogP contribution < -0.4 is 10.1 Å². The van der Waals surface area contributed by atoms with Crippen LogP contribution in [0.5, 0.6) is 5.75 Å². The Kier molecular flexibility index (Phi) is 4.95. The van der Waals surface area contributed by atoms with Crippen molar-refractivity contribution < 1.29 is 14.3 Å². The predicted molar refractivity (Wildman–Crippen MR) is 82.0 cm³/mol. The van der Waals surface area contributed by atoms with Gasteiger partial charge in [-0.05, 0) is 37.3 Å². The van der Waals surface area contributed by atoms with Crippen LogP contribution in [0.1, 0.15) is 17.3 Å². The molecule has 1 atom stereocenters. The molecule has 5 heteroatoms. The molecular weight excluding hydrogens is 290 g/mol. The monoisotopic (exact) mass is 303 g/mol. The molecule has 0 aliphatic heterocycles. The maximum atomic E-state index is 12.1. The van der Waals surface area contributed by atoms with Crippen molar-refractivity contribution in [1.82, 2.24) is 0 Å². The third-order valence-corrected chi connectivity index (χ3v) is 3.05. The van der Waals surface area contributed by atoms with Crippen LogP contribution in [0, 0.1) is 0 Å². The molecule has 0 aliphatic carbocycles. The van der Waals surface area contributed by atoms with E-state index in [2.05, 4.69) is 5.32 Å². The third-order valence-electron chi connectivity index (χ3n) is 2.81. The van der Waals surface area contributed by atoms with Gasteiger partial charge in [-0.1, -0.05) is 29.8 Å². The molecule has 0 bridgehead atoms. The highest BCUT2D eigenvalue weighted by Gasteiger charge is 2.16. The average molecular weight is 304 g/mol. The molecule has 21 heavy (non-hydrogen) atoms. The lowest BCUT2D eigenvalue weighted by atomic mass is 10.2. The molecule has 0 fully saturated rings. The Hall–Kier alpha value is -2.33. The van der Waals surface area contributed by atoms with Crippen LogP contribution in [-0.2, 0) is 4.79 Å². The van der Waals surface area contributed by atoms with E-state index in [-0.39, 0.29) is 5.91 Å². The van der Waals surface area contributed by atoms with Crippen LogP contribution in [0.25, 0.3) is 0 Å². The lowest BCUT2D eigenvalue weighted by molar-refractivity contribution is -0.122. The highest BCUT2D eigenvalue weighted by Crippen LogP contribution is 2.19. The fourth-order valence-electron chi connectivity index (χ4n) is 1.74. The molecule has 0 aromatic heterocycles. The molecule has 0 saturated heterocycles. The minimum Gasteiger partial charge on any atom is -0.480 e. The number of halogens is 1. The molecule has 108 valence electrons. The summed E-state index contributed by atoms with van der Waals surface area (Å²) < 4.78 is 5.52. The van der Waals surface area contributed by atoms with Crippen LogP contribution in [0.3, 0.4) is 0 Å². The lowest BCUT2D eigenvalue weighted by Crippen LogP contribution is -2.30. The zero-order chi connectivity index (χ0) is 15.2. The minimum atomic E-state index is -0.745. The van der Waals surface area contributed by atoms with Crippen molar-refractivity contribution in [2.24, 2.45) is 0 Å². The maximum Gasteiger partial charge on any atom is 0.265 e. The summed E-state index contributed by atoms with van der Waals surface area (Å²) in [6, 6.07) is 13.6. The van der Waals surface area contributed by atoms with Crippen LogP contribution in [-0.4, -0.2) is 18.3 Å². The van der Waals surface area contributed by atoms with Gasteiger partial charge in [0.2, 0.25) is 0 Å². The largest absolute Gasteiger partial charge is 0.480 e. The van der Waals surface area contributed by atoms with Crippen LogP contribution in [0.15, 0.2) is 48.5 Å². The zero-order valence-electron chi connectivity index (χ0n) is 11.4. The quantitative estimate of drug-likeness (QED) is 0.859. The van der Waals surface area contributed by atoms with E-state index in [1.54, 1.807) is 55.5 Å². The number of rotatable bonds is 5. The van der Waals surface area contributed by atoms with Gasteiger partial charge in [0.1, 0.15) is 5.75 Å². The van der Waals surface area contributed by atoms with E-state index in [1.165, 1.54) is 0 Å². The Morgan fingerprint density at radius 1 is 1.24 bits per heavy atom. The van der Waals surface area contributed by atoms with Crippen molar-refractivity contribution in [1.29, 1.82) is 0 Å². The summed E-state index contributed by atoms with van der Waals surface area (Å²) in [5.41, 5.74) is 0.992. The van der Waals surface area contributed by atoms with Gasteiger partial charge in [0.05, 0.1) is 5.56 Å². The third kappa shape index (κ3) is 4.07. The SMILES string of the molecule is C[C@H](Oc1ccccc1C=O)C(=O)Nc1cccc(Cl)c1. The standard InChI is InChI=1S/C16H14ClNO3/c1-11(21-15-8-3-2-5-12(15)10-19)16(20)18-14-7-4-6-13(17)9-14/h2-11H,1H3,(H,18,20)/t11-/m0/s1. The van der Waals surface area contributed by atoms with Gasteiger partial charge in [-0.2, -0.15) is 0 Å². The minimum absolute atomic E-state index is 0.321. The molecule has 1 N–H and O–H groups in total. The van der Waals surface area contributed by atoms with Crippen molar-refractivity contribution in [2.45, 2.75) is 13.0 Å². The molecule has 1 amide bonds. The number of amides is 1. The first-order chi connectivity index (χ1) is 10.1. The van der Waals surface area contributed by atoms with E-state index in [4.69, 9.17) is 16.3 Å². The first-order valence-electron chi connectivity index (χ1n) is 6.37. The van der Waals surface area contributed by atoms with Gasteiger partial charge in [-0.15, -0.1) is 0 Å². The molecule has 0 spiro atoms. The highest BCUT2D eigenvalue weighted by molar-refractivity contribution is 6.30. The Labute approximate surface area is 127 Å². The molecule has 0 unspecified atom stereocenters. The van der Waals surface area contributed by atoms with Gasteiger partial charge in [-0.3, -0.25) is 9.59 Å². The second-order valence-electron chi connectivity index (χ2n) is 4.42. The molecule has 0 saturated carbocycles. The fourth-order valence-corrected chi connectivity index (χ4v) is 1.93. The molecule has 2 aromatic rings. The van der Waals surface area contributed by atoms with Crippen molar-refractivity contribution in [3.63, 3.8) is 0 Å². The summed E-state index contributed by atoms with van der Waals surface area (Å²) in [5.74, 6) is 0.0548. The van der Waals surface area contributed by atoms with Crippen LogP contribution >= 0.6 is 11.6 Å². The summed E-state index contributed by atoms with van der Waals surface area (Å²) in [7, 11) is 0. The number of nitrogens with one attached hydrogen (secondary N) is 1. The molecule has 0 heterocycles. The first kappa shape index (κ1) is 15.1. The van der Waals surface area contributed by atoms with E-state index >= 15 is 0 Å². The second-order valence-corrected chi connectivity index (χ2v) is 4.85. The van der Waals surface area contributed by atoms with Crippen LogP contribution in [0.4, 0.5) is 5.69 Å². The van der Waals surface area contributed by atoms with E-state index < -0.39 is 6.10 Å². The van der Waals surface area contributed by atoms with Gasteiger partial charge >= 0.3 is 0 Å². The summed E-state index contributed by atoms with van der Waals surface area (Å²) in [6.07, 6.45) is -0.0539. The molecule has 4 nitrogen and oxygen atoms in total. The average Bonchev–Trinajstić information content (AvgIpc) is 2.47. The van der Waals surface area contributed by atoms with Gasteiger partial charge in [0.15, 0.2) is 12.4 Å². The topological polar surface area (TPSA) is 55.4 Å². The summed E-state index contributed by atoms with van der Waals surface area (Å²) in [4.78, 5) is 23.0. The number of hydrogen-bond acceptors (Lipinski definition) is 3. The number of hydrogen-bond donors (Lipinski definition) is 1. The van der Waals surface area contributed by atoms with E-state index in [9.17, 15) is 9.59 Å². The number of carbonyl (C=O) groups is 2. The van der Waals surface area contributed by atoms with Crippen molar-refractivity contribution in [3.05, 3.63) is 59.1 Å². The van der Waals surface area contributed by atoms with E-state index in [1.807, 2.05) is 0 Å². The predicted octanol–water partition coefficient (Wildman–Crippen LogP) is 3.56. The second kappa shape index (κ2) is 6.90. The molecule has 0 radical (unpaired) electrons. The van der Waals surface area contributed by atoms with Crippen molar-refractivity contribution in [3.8, 4) is 5.75 Å². The number of carbonyl (C=O) groups excluding carboxylic acids is 2. The number of ether oxygens (including phenoxy) is 1. The molecule has 0 aliphatic rings. The number of anilines is 1. The maximum absolute atomic E-state index is 12.1. The molecule has 2 rings (SSSR count). The highest BCUT2D eigenvalue weighted by atomic mass is 35.5. The molecular formula is C16H14ClNO3. The lowest BCUT2D eigenvalue weighted by Gasteiger charge is -2.15. The summed E-state index contributed by atoms with van der Waals surface area (Å²) in [6.45, 7) is 1.61. The van der Waals surface area contributed by atoms with Crippen molar-refractivity contribution >= 4 is 29.5 Å². The number of aldehydes is 1. The van der Waals surface area contributed by atoms with E-state index in [0.29, 0.717) is 28.3 Å². The van der Waals surface area contributed by atoms with Crippen LogP contribution in [0.2, 0.25) is 5.02 Å². The summed E-state index contributed by atoms with van der Waals surface area (Å²) >= 11 is 5.86. The van der Waals surface area contributed by atoms with Gasteiger partial charge in [-0.25, -0.2) is 0 Å². The van der Waals surface area contributed by atoms with Gasteiger partial charge in [0.25, 0.3) is 5.91 Å². The number of para-hydroxylation sites is 1. The van der Waals surface area contributed by atoms with E-state index in [0.717, 1.165) is 0 Å². The number of benzene rings is 2.